The van der Waals surface area contributed by atoms with Crippen LogP contribution >= 0.6 is 0 Å². The molecule has 0 saturated carbocycles. The fourth-order valence-electron chi connectivity index (χ4n) is 1.83. The predicted octanol–water partition coefficient (Wildman–Crippen LogP) is 2.52. The molecule has 0 aliphatic rings. The lowest BCUT2D eigenvalue weighted by Gasteiger charge is -2.10. The van der Waals surface area contributed by atoms with Crippen LogP contribution in [0.15, 0.2) is 42.5 Å². The van der Waals surface area contributed by atoms with Crippen LogP contribution in [0.5, 0.6) is 11.5 Å². The van der Waals surface area contributed by atoms with Gasteiger partial charge in [0.1, 0.15) is 11.5 Å². The summed E-state index contributed by atoms with van der Waals surface area (Å²) in [6, 6.07) is 12.0. The van der Waals surface area contributed by atoms with Crippen molar-refractivity contribution in [2.24, 2.45) is 0 Å². The normalized spacial score (nSPS) is 10.0. The van der Waals surface area contributed by atoms with E-state index < -0.39 is 0 Å². The van der Waals surface area contributed by atoms with Crippen molar-refractivity contribution in [3.05, 3.63) is 53.6 Å². The second kappa shape index (κ2) is 5.44. The van der Waals surface area contributed by atoms with Gasteiger partial charge < -0.3 is 15.2 Å². The second-order valence-electron chi connectivity index (χ2n) is 3.98. The third-order valence-electron chi connectivity index (χ3n) is 2.86. The van der Waals surface area contributed by atoms with Crippen molar-refractivity contribution >= 4 is 11.5 Å². The summed E-state index contributed by atoms with van der Waals surface area (Å²) in [5.41, 5.74) is 7.19. The van der Waals surface area contributed by atoms with Crippen LogP contribution < -0.4 is 15.2 Å². The number of anilines is 1. The maximum absolute atomic E-state index is 12.4. The van der Waals surface area contributed by atoms with Crippen molar-refractivity contribution in [1.29, 1.82) is 0 Å². The number of methoxy groups -OCH3 is 2. The van der Waals surface area contributed by atoms with Gasteiger partial charge in [-0.05, 0) is 24.3 Å². The van der Waals surface area contributed by atoms with E-state index in [0.717, 1.165) is 0 Å². The lowest BCUT2D eigenvalue weighted by molar-refractivity contribution is 0.103. The Bertz CT molecular complexity index is 608. The second-order valence-corrected chi connectivity index (χ2v) is 3.98. The topological polar surface area (TPSA) is 61.5 Å². The average Bonchev–Trinajstić information content (AvgIpc) is 2.46. The number of hydrogen-bond donors (Lipinski definition) is 1. The van der Waals surface area contributed by atoms with Crippen LogP contribution in [0.3, 0.4) is 0 Å². The van der Waals surface area contributed by atoms with Gasteiger partial charge in [0.25, 0.3) is 0 Å². The fraction of sp³-hybridized carbons (Fsp3) is 0.133. The highest BCUT2D eigenvalue weighted by Gasteiger charge is 2.17. The van der Waals surface area contributed by atoms with Gasteiger partial charge in [-0.15, -0.1) is 0 Å². The summed E-state index contributed by atoms with van der Waals surface area (Å²) >= 11 is 0. The lowest BCUT2D eigenvalue weighted by atomic mass is 10.0. The minimum absolute atomic E-state index is 0.169. The molecule has 2 N–H and O–H groups in total. The first-order valence-corrected chi connectivity index (χ1v) is 5.78. The Hall–Kier alpha value is -2.49. The maximum Gasteiger partial charge on any atom is 0.198 e. The summed E-state index contributed by atoms with van der Waals surface area (Å²) in [4.78, 5) is 12.4. The van der Waals surface area contributed by atoms with Gasteiger partial charge in [-0.25, -0.2) is 0 Å². The van der Waals surface area contributed by atoms with E-state index >= 15 is 0 Å². The summed E-state index contributed by atoms with van der Waals surface area (Å²) in [5.74, 6) is 0.930. The van der Waals surface area contributed by atoms with Gasteiger partial charge in [0.05, 0.1) is 19.8 Å². The Kier molecular flexibility index (Phi) is 3.71. The van der Waals surface area contributed by atoms with Crippen molar-refractivity contribution in [2.45, 2.75) is 0 Å². The van der Waals surface area contributed by atoms with Crippen LogP contribution in [0, 0.1) is 0 Å². The Morgan fingerprint density at radius 1 is 1.00 bits per heavy atom. The van der Waals surface area contributed by atoms with Crippen LogP contribution in [0.2, 0.25) is 0 Å². The number of carbonyl (C=O) groups is 1. The van der Waals surface area contributed by atoms with Gasteiger partial charge in [0.2, 0.25) is 0 Å². The minimum Gasteiger partial charge on any atom is -0.497 e. The molecule has 0 aromatic heterocycles. The average molecular weight is 257 g/mol. The largest absolute Gasteiger partial charge is 0.497 e. The summed E-state index contributed by atoms with van der Waals surface area (Å²) < 4.78 is 10.3. The van der Waals surface area contributed by atoms with E-state index in [1.807, 2.05) is 0 Å². The van der Waals surface area contributed by atoms with Crippen LogP contribution in [0.4, 0.5) is 5.69 Å². The number of benzene rings is 2. The molecule has 98 valence electrons. The minimum atomic E-state index is -0.169. The molecule has 0 unspecified atom stereocenters. The van der Waals surface area contributed by atoms with Gasteiger partial charge in [0, 0.05) is 17.3 Å². The van der Waals surface area contributed by atoms with Gasteiger partial charge in [0.15, 0.2) is 5.78 Å². The fourth-order valence-corrected chi connectivity index (χ4v) is 1.83. The highest BCUT2D eigenvalue weighted by molar-refractivity contribution is 6.13. The van der Waals surface area contributed by atoms with Crippen LogP contribution in [0.25, 0.3) is 0 Å². The van der Waals surface area contributed by atoms with Gasteiger partial charge in [-0.3, -0.25) is 4.79 Å². The SMILES string of the molecule is COc1ccc(C(=O)c2ccccc2N)c(OC)c1. The third-order valence-corrected chi connectivity index (χ3v) is 2.86. The molecule has 0 bridgehead atoms. The standard InChI is InChI=1S/C15H15NO3/c1-18-10-7-8-12(14(9-10)19-2)15(17)11-5-3-4-6-13(11)16/h3-9H,16H2,1-2H3. The van der Waals surface area contributed by atoms with Crippen molar-refractivity contribution in [3.8, 4) is 11.5 Å². The van der Waals surface area contributed by atoms with E-state index in [1.54, 1.807) is 49.6 Å². The lowest BCUT2D eigenvalue weighted by Crippen LogP contribution is -2.07. The third kappa shape index (κ3) is 2.52. The molecule has 2 aromatic rings. The van der Waals surface area contributed by atoms with E-state index in [4.69, 9.17) is 15.2 Å². The molecule has 2 rings (SSSR count). The smallest absolute Gasteiger partial charge is 0.198 e. The zero-order valence-corrected chi connectivity index (χ0v) is 10.8. The molecule has 0 atom stereocenters. The molecule has 0 amide bonds. The summed E-state index contributed by atoms with van der Waals surface area (Å²) in [5, 5.41) is 0. The number of hydrogen-bond acceptors (Lipinski definition) is 4. The molecule has 19 heavy (non-hydrogen) atoms. The van der Waals surface area contributed by atoms with E-state index in [9.17, 15) is 4.79 Å². The number of ether oxygens (including phenoxy) is 2. The van der Waals surface area contributed by atoms with Gasteiger partial charge in [-0.1, -0.05) is 12.1 Å². The number of para-hydroxylation sites is 1. The number of nitrogen functional groups attached to an aromatic ring is 1. The van der Waals surface area contributed by atoms with E-state index in [-0.39, 0.29) is 5.78 Å². The van der Waals surface area contributed by atoms with Crippen molar-refractivity contribution in [3.63, 3.8) is 0 Å². The van der Waals surface area contributed by atoms with Crippen LogP contribution in [-0.2, 0) is 0 Å². The van der Waals surface area contributed by atoms with Gasteiger partial charge in [-0.2, -0.15) is 0 Å². The molecule has 0 fully saturated rings. The first-order chi connectivity index (χ1) is 9.17. The van der Waals surface area contributed by atoms with E-state index in [1.165, 1.54) is 7.11 Å². The Balaban J connectivity index is 2.47. The zero-order chi connectivity index (χ0) is 13.8. The molecule has 0 aliphatic heterocycles. The molecule has 4 heteroatoms. The molecule has 0 spiro atoms. The number of rotatable bonds is 4. The molecular weight excluding hydrogens is 242 g/mol. The van der Waals surface area contributed by atoms with Crippen molar-refractivity contribution in [2.75, 3.05) is 20.0 Å². The highest BCUT2D eigenvalue weighted by atomic mass is 16.5. The molecular formula is C15H15NO3. The van der Waals surface area contributed by atoms with Crippen molar-refractivity contribution < 1.29 is 14.3 Å². The highest BCUT2D eigenvalue weighted by Crippen LogP contribution is 2.27. The molecule has 2 aromatic carbocycles. The maximum atomic E-state index is 12.4. The number of carbonyl (C=O) groups excluding carboxylic acids is 1. The predicted molar refractivity (Wildman–Crippen MR) is 73.8 cm³/mol. The van der Waals surface area contributed by atoms with E-state index in [0.29, 0.717) is 28.3 Å². The molecule has 0 saturated heterocycles. The van der Waals surface area contributed by atoms with Crippen molar-refractivity contribution in [1.82, 2.24) is 0 Å². The van der Waals surface area contributed by atoms with Crippen LogP contribution in [-0.4, -0.2) is 20.0 Å². The summed E-state index contributed by atoms with van der Waals surface area (Å²) in [7, 11) is 3.07. The van der Waals surface area contributed by atoms with Crippen LogP contribution in [0.1, 0.15) is 15.9 Å². The number of nitrogens with two attached hydrogens (primary N) is 1. The Morgan fingerprint density at radius 3 is 2.37 bits per heavy atom. The molecule has 0 aliphatic carbocycles. The first-order valence-electron chi connectivity index (χ1n) is 5.78. The summed E-state index contributed by atoms with van der Waals surface area (Å²) in [6.45, 7) is 0. The quantitative estimate of drug-likeness (QED) is 0.675. The Labute approximate surface area is 111 Å². The first kappa shape index (κ1) is 13.0. The molecule has 0 radical (unpaired) electrons. The van der Waals surface area contributed by atoms with E-state index in [2.05, 4.69) is 0 Å². The zero-order valence-electron chi connectivity index (χ0n) is 10.8. The number of ketones is 1. The summed E-state index contributed by atoms with van der Waals surface area (Å²) in [6.07, 6.45) is 0. The monoisotopic (exact) mass is 257 g/mol. The molecule has 0 heterocycles. The molecule has 4 nitrogen and oxygen atoms in total. The van der Waals surface area contributed by atoms with Gasteiger partial charge >= 0.3 is 0 Å². The Morgan fingerprint density at radius 2 is 1.74 bits per heavy atom.